The molecule has 2 aliphatic carbocycles. The zero-order chi connectivity index (χ0) is 14.4. The van der Waals surface area contributed by atoms with Gasteiger partial charge < -0.3 is 10.1 Å². The van der Waals surface area contributed by atoms with Crippen molar-refractivity contribution in [2.45, 2.75) is 57.4 Å². The monoisotopic (exact) mass is 299 g/mol. The van der Waals surface area contributed by atoms with Crippen LogP contribution in [0, 0.1) is 11.8 Å². The highest BCUT2D eigenvalue weighted by atomic mass is 32.2. The number of rotatable bonds is 9. The summed E-state index contributed by atoms with van der Waals surface area (Å²) >= 11 is 1.96. The maximum absolute atomic E-state index is 12.4. The second-order valence-electron chi connectivity index (χ2n) is 6.33. The molecule has 4 heteroatoms. The Kier molecular flexibility index (Phi) is 6.21. The van der Waals surface area contributed by atoms with Crippen molar-refractivity contribution in [1.82, 2.24) is 5.32 Å². The van der Waals surface area contributed by atoms with Crippen LogP contribution in [0.4, 0.5) is 0 Å². The number of methoxy groups -OCH3 is 1. The fourth-order valence-corrected chi connectivity index (χ4v) is 4.84. The molecule has 2 saturated carbocycles. The van der Waals surface area contributed by atoms with Gasteiger partial charge in [0.05, 0.1) is 7.11 Å². The van der Waals surface area contributed by atoms with Crippen molar-refractivity contribution in [2.75, 3.05) is 25.2 Å². The van der Waals surface area contributed by atoms with Crippen molar-refractivity contribution < 1.29 is 9.53 Å². The summed E-state index contributed by atoms with van der Waals surface area (Å²) in [6.45, 7) is 3.04. The molecule has 0 aliphatic heterocycles. The van der Waals surface area contributed by atoms with Gasteiger partial charge in [-0.3, -0.25) is 4.79 Å². The minimum absolute atomic E-state index is 0.0487. The quantitative estimate of drug-likeness (QED) is 0.663. The van der Waals surface area contributed by atoms with Crippen LogP contribution in [0.3, 0.4) is 0 Å². The lowest BCUT2D eigenvalue weighted by Gasteiger charge is -2.32. The van der Waals surface area contributed by atoms with E-state index in [9.17, 15) is 4.79 Å². The Bertz CT molecular complexity index is 314. The van der Waals surface area contributed by atoms with Crippen LogP contribution < -0.4 is 5.32 Å². The molecule has 1 unspecified atom stereocenters. The van der Waals surface area contributed by atoms with E-state index in [-0.39, 0.29) is 5.97 Å². The third-order valence-electron chi connectivity index (χ3n) is 4.67. The van der Waals surface area contributed by atoms with Crippen LogP contribution in [0.1, 0.15) is 51.9 Å². The summed E-state index contributed by atoms with van der Waals surface area (Å²) in [6.07, 6.45) is 8.92. The summed E-state index contributed by atoms with van der Waals surface area (Å²) in [5.41, 5.74) is -0.423. The summed E-state index contributed by atoms with van der Waals surface area (Å²) in [5, 5.41) is 3.53. The van der Waals surface area contributed by atoms with Crippen molar-refractivity contribution >= 4 is 17.7 Å². The molecular weight excluding hydrogens is 270 g/mol. The molecule has 0 amide bonds. The van der Waals surface area contributed by atoms with E-state index in [1.807, 2.05) is 11.8 Å². The molecule has 20 heavy (non-hydrogen) atoms. The van der Waals surface area contributed by atoms with Gasteiger partial charge in [-0.15, -0.1) is 0 Å². The molecule has 0 bridgehead atoms. The van der Waals surface area contributed by atoms with E-state index in [0.717, 1.165) is 37.5 Å². The van der Waals surface area contributed by atoms with Gasteiger partial charge in [-0.1, -0.05) is 19.8 Å². The lowest BCUT2D eigenvalue weighted by Crippen LogP contribution is -2.57. The van der Waals surface area contributed by atoms with E-state index in [0.29, 0.717) is 5.92 Å². The van der Waals surface area contributed by atoms with E-state index in [2.05, 4.69) is 12.2 Å². The maximum Gasteiger partial charge on any atom is 0.327 e. The van der Waals surface area contributed by atoms with Crippen LogP contribution in [0.15, 0.2) is 0 Å². The Morgan fingerprint density at radius 1 is 1.30 bits per heavy atom. The average molecular weight is 299 g/mol. The minimum atomic E-state index is -0.423. The topological polar surface area (TPSA) is 38.3 Å². The normalized spacial score (nSPS) is 22.7. The van der Waals surface area contributed by atoms with Crippen LogP contribution >= 0.6 is 11.8 Å². The van der Waals surface area contributed by atoms with E-state index < -0.39 is 5.54 Å². The summed E-state index contributed by atoms with van der Waals surface area (Å²) < 4.78 is 5.12. The third kappa shape index (κ3) is 3.91. The first-order chi connectivity index (χ1) is 9.73. The number of nitrogens with one attached hydrogen (secondary N) is 1. The summed E-state index contributed by atoms with van der Waals surface area (Å²) in [7, 11) is 1.52. The predicted octanol–water partition coefficient (Wildman–Crippen LogP) is 3.23. The van der Waals surface area contributed by atoms with Crippen molar-refractivity contribution in [3.05, 3.63) is 0 Å². The summed E-state index contributed by atoms with van der Waals surface area (Å²) in [6, 6.07) is 0. The lowest BCUT2D eigenvalue weighted by atomic mass is 9.95. The van der Waals surface area contributed by atoms with E-state index in [1.54, 1.807) is 0 Å². The zero-order valence-electron chi connectivity index (χ0n) is 13.0. The molecule has 0 saturated heterocycles. The average Bonchev–Trinajstić information content (AvgIpc) is 3.20. The Morgan fingerprint density at radius 2 is 2.00 bits per heavy atom. The van der Waals surface area contributed by atoms with Gasteiger partial charge in [-0.05, 0) is 56.2 Å². The number of hydrogen-bond donors (Lipinski definition) is 1. The molecule has 0 aromatic carbocycles. The highest BCUT2D eigenvalue weighted by molar-refractivity contribution is 7.99. The lowest BCUT2D eigenvalue weighted by molar-refractivity contribution is -0.148. The number of esters is 1. The van der Waals surface area contributed by atoms with Crippen molar-refractivity contribution in [3.63, 3.8) is 0 Å². The summed E-state index contributed by atoms with van der Waals surface area (Å²) in [4.78, 5) is 12.4. The van der Waals surface area contributed by atoms with Crippen molar-refractivity contribution in [3.8, 4) is 0 Å². The molecule has 0 aromatic heterocycles. The molecule has 0 spiro atoms. The van der Waals surface area contributed by atoms with Gasteiger partial charge >= 0.3 is 5.97 Å². The van der Waals surface area contributed by atoms with Gasteiger partial charge in [0.2, 0.25) is 0 Å². The van der Waals surface area contributed by atoms with Gasteiger partial charge in [0.25, 0.3) is 0 Å². The van der Waals surface area contributed by atoms with Crippen LogP contribution in [-0.2, 0) is 9.53 Å². The fraction of sp³-hybridized carbons (Fsp3) is 0.938. The molecule has 0 aromatic rings. The second-order valence-corrected chi connectivity index (χ2v) is 7.36. The van der Waals surface area contributed by atoms with Crippen LogP contribution in [0.2, 0.25) is 0 Å². The van der Waals surface area contributed by atoms with Crippen molar-refractivity contribution in [2.24, 2.45) is 11.8 Å². The summed E-state index contributed by atoms with van der Waals surface area (Å²) in [5.74, 6) is 3.39. The largest absolute Gasteiger partial charge is 0.468 e. The van der Waals surface area contributed by atoms with E-state index in [4.69, 9.17) is 4.74 Å². The SMILES string of the molecule is CCCNC(CSCC1CCCC1)(C(=O)OC)C1CC1. The molecule has 2 aliphatic rings. The van der Waals surface area contributed by atoms with Gasteiger partial charge in [0.15, 0.2) is 0 Å². The number of thioether (sulfide) groups is 1. The van der Waals surface area contributed by atoms with Gasteiger partial charge in [0, 0.05) is 5.75 Å². The van der Waals surface area contributed by atoms with Crippen LogP contribution in [0.5, 0.6) is 0 Å². The van der Waals surface area contributed by atoms with E-state index in [1.165, 1.54) is 38.5 Å². The number of carbonyl (C=O) groups excluding carboxylic acids is 1. The zero-order valence-corrected chi connectivity index (χ0v) is 13.8. The molecule has 2 fully saturated rings. The molecule has 116 valence electrons. The maximum atomic E-state index is 12.4. The fourth-order valence-electron chi connectivity index (χ4n) is 3.28. The predicted molar refractivity (Wildman–Crippen MR) is 85.0 cm³/mol. The van der Waals surface area contributed by atoms with Gasteiger partial charge in [-0.2, -0.15) is 11.8 Å². The standard InChI is InChI=1S/C16H29NO2S/c1-3-10-17-16(14-8-9-14,15(18)19-2)12-20-11-13-6-4-5-7-13/h13-14,17H,3-12H2,1-2H3. The number of ether oxygens (including phenoxy) is 1. The molecule has 2 rings (SSSR count). The Hall–Kier alpha value is -0.220. The van der Waals surface area contributed by atoms with Gasteiger partial charge in [0.1, 0.15) is 5.54 Å². The molecule has 1 atom stereocenters. The minimum Gasteiger partial charge on any atom is -0.468 e. The Morgan fingerprint density at radius 3 is 2.55 bits per heavy atom. The third-order valence-corrected chi connectivity index (χ3v) is 6.04. The molecular formula is C16H29NO2S. The highest BCUT2D eigenvalue weighted by Crippen LogP contribution is 2.42. The first-order valence-electron chi connectivity index (χ1n) is 8.14. The Labute approximate surface area is 127 Å². The number of hydrogen-bond acceptors (Lipinski definition) is 4. The smallest absolute Gasteiger partial charge is 0.327 e. The first kappa shape index (κ1) is 16.2. The highest BCUT2D eigenvalue weighted by Gasteiger charge is 2.51. The molecule has 0 radical (unpaired) electrons. The molecule has 0 heterocycles. The Balaban J connectivity index is 1.91. The van der Waals surface area contributed by atoms with E-state index >= 15 is 0 Å². The first-order valence-corrected chi connectivity index (χ1v) is 9.29. The molecule has 1 N–H and O–H groups in total. The molecule has 3 nitrogen and oxygen atoms in total. The second kappa shape index (κ2) is 7.69. The van der Waals surface area contributed by atoms with Crippen LogP contribution in [0.25, 0.3) is 0 Å². The van der Waals surface area contributed by atoms with Gasteiger partial charge in [-0.25, -0.2) is 0 Å². The van der Waals surface area contributed by atoms with Crippen LogP contribution in [-0.4, -0.2) is 36.7 Å². The number of carbonyl (C=O) groups is 1. The van der Waals surface area contributed by atoms with Crippen molar-refractivity contribution in [1.29, 1.82) is 0 Å².